The molecule has 1 aromatic rings. The molecule has 16 heavy (non-hydrogen) atoms. The highest BCUT2D eigenvalue weighted by molar-refractivity contribution is 7.74. The summed E-state index contributed by atoms with van der Waals surface area (Å²) in [4.78, 5) is 15.5. The van der Waals surface area contributed by atoms with Crippen LogP contribution in [0, 0.1) is 4.51 Å². The zero-order chi connectivity index (χ0) is 11.0. The molecule has 2 aliphatic rings. The van der Waals surface area contributed by atoms with Crippen molar-refractivity contribution in [1.29, 1.82) is 0 Å². The highest BCUT2D eigenvalue weighted by Crippen LogP contribution is 2.15. The molecule has 1 aromatic carbocycles. The van der Waals surface area contributed by atoms with Crippen molar-refractivity contribution in [3.8, 4) is 0 Å². The highest BCUT2D eigenvalue weighted by Gasteiger charge is 2.19. The molecule has 1 aliphatic carbocycles. The van der Waals surface area contributed by atoms with Crippen LogP contribution in [-0.2, 0) is 16.1 Å². The third-order valence-corrected chi connectivity index (χ3v) is 3.48. The molecule has 2 nitrogen and oxygen atoms in total. The number of benzene rings is 1. The van der Waals surface area contributed by atoms with Crippen molar-refractivity contribution in [2.45, 2.75) is 0 Å². The quantitative estimate of drug-likeness (QED) is 0.487. The molecule has 1 heterocycles. The molecule has 0 aromatic heterocycles. The number of allylic oxidation sites excluding steroid dienone is 5. The van der Waals surface area contributed by atoms with Crippen LogP contribution in [0.5, 0.6) is 0 Å². The Balaban J connectivity index is 2.17. The van der Waals surface area contributed by atoms with Gasteiger partial charge in [0.15, 0.2) is 5.78 Å². The van der Waals surface area contributed by atoms with Crippen LogP contribution in [0.3, 0.4) is 0 Å². The lowest BCUT2D eigenvalue weighted by Gasteiger charge is -1.94. The summed E-state index contributed by atoms with van der Waals surface area (Å²) in [7, 11) is 0. The van der Waals surface area contributed by atoms with Crippen LogP contribution in [0.1, 0.15) is 0 Å². The Morgan fingerprint density at radius 2 is 1.75 bits per heavy atom. The molecule has 0 N–H and O–H groups in total. The van der Waals surface area contributed by atoms with Crippen molar-refractivity contribution >= 4 is 17.1 Å². The van der Waals surface area contributed by atoms with Crippen molar-refractivity contribution in [3.63, 3.8) is 0 Å². The molecule has 3 rings (SSSR count). The van der Waals surface area contributed by atoms with E-state index < -0.39 is 0 Å². The normalized spacial score (nSPS) is 17.1. The summed E-state index contributed by atoms with van der Waals surface area (Å²) in [5, 5.41) is 1.97. The first kappa shape index (κ1) is 9.36. The largest absolute Gasteiger partial charge is 0.332 e. The van der Waals surface area contributed by atoms with E-state index in [0.29, 0.717) is 0 Å². The molecule has 3 heteroatoms. The molecular weight excluding hydrogens is 218 g/mol. The number of nitrogens with zero attached hydrogens (tertiary/aromatic N) is 1. The molecule has 0 bridgehead atoms. The van der Waals surface area contributed by atoms with Gasteiger partial charge < -0.3 is 0 Å². The minimum Gasteiger partial charge on any atom is -0.290 e. The fraction of sp³-hybridized carbons (Fsp3) is 0. The van der Waals surface area contributed by atoms with Crippen LogP contribution < -0.4 is 5.36 Å². The number of carbonyl (C=O) groups is 1. The Labute approximate surface area is 96.3 Å². The second-order valence-electron chi connectivity index (χ2n) is 3.51. The van der Waals surface area contributed by atoms with Gasteiger partial charge in [-0.15, -0.1) is 0 Å². The first-order valence-electron chi connectivity index (χ1n) is 4.96. The smallest absolute Gasteiger partial charge is 0.290 e. The molecule has 0 atom stereocenters. The third-order valence-electron chi connectivity index (χ3n) is 2.40. The Morgan fingerprint density at radius 3 is 2.50 bits per heavy atom. The van der Waals surface area contributed by atoms with Crippen LogP contribution in [0.2, 0.25) is 0 Å². The molecule has 1 aliphatic heterocycles. The predicted molar refractivity (Wildman–Crippen MR) is 64.1 cm³/mol. The molecule has 0 saturated carbocycles. The second-order valence-corrected chi connectivity index (χ2v) is 4.54. The number of fused-ring (bicyclic) bond motifs is 1. The fourth-order valence-corrected chi connectivity index (χ4v) is 2.56. The summed E-state index contributed by atoms with van der Waals surface area (Å²) in [6.07, 6.45) is 6.78. The predicted octanol–water partition coefficient (Wildman–Crippen LogP) is 1.56. The van der Waals surface area contributed by atoms with E-state index >= 15 is 0 Å². The van der Waals surface area contributed by atoms with E-state index in [-0.39, 0.29) is 5.78 Å². The van der Waals surface area contributed by atoms with Gasteiger partial charge in [-0.1, -0.05) is 12.1 Å². The molecule has 0 spiro atoms. The van der Waals surface area contributed by atoms with Gasteiger partial charge in [-0.25, -0.2) is 0 Å². The maximum absolute atomic E-state index is 11.0. The number of carbonyl (C=O) groups excluding carboxylic acids is 1. The molecule has 0 fully saturated rings. The standard InChI is InChI=1S/C13H8NOS/c15-10-7-5-9(6-8-10)13-14-11-3-1-2-4-12(11)16-13/h1-8H/q+1. The first-order chi connectivity index (χ1) is 7.83. The molecule has 0 radical (unpaired) electrons. The van der Waals surface area contributed by atoms with Crippen molar-refractivity contribution < 1.29 is 4.79 Å². The maximum atomic E-state index is 11.0. The van der Waals surface area contributed by atoms with E-state index in [9.17, 15) is 4.79 Å². The molecule has 76 valence electrons. The van der Waals surface area contributed by atoms with Crippen molar-refractivity contribution in [3.05, 3.63) is 69.0 Å². The van der Waals surface area contributed by atoms with Crippen LogP contribution in [-0.4, -0.2) is 5.78 Å². The monoisotopic (exact) mass is 226 g/mol. The van der Waals surface area contributed by atoms with Crippen LogP contribution >= 0.6 is 0 Å². The van der Waals surface area contributed by atoms with Crippen LogP contribution in [0.25, 0.3) is 0 Å². The fourth-order valence-electron chi connectivity index (χ4n) is 1.59. The van der Waals surface area contributed by atoms with E-state index in [2.05, 4.69) is 11.1 Å². The summed E-state index contributed by atoms with van der Waals surface area (Å²) in [6.45, 7) is 0. The summed E-state index contributed by atoms with van der Waals surface area (Å²) in [6, 6.07) is 8.04. The minimum atomic E-state index is 0.0323. The van der Waals surface area contributed by atoms with Crippen molar-refractivity contribution in [2.75, 3.05) is 0 Å². The average molecular weight is 226 g/mol. The maximum Gasteiger partial charge on any atom is 0.332 e. The number of ketones is 1. The Kier molecular flexibility index (Phi) is 2.11. The van der Waals surface area contributed by atoms with Gasteiger partial charge in [0.05, 0.1) is 5.57 Å². The minimum absolute atomic E-state index is 0.0323. The van der Waals surface area contributed by atoms with Crippen molar-refractivity contribution in [1.82, 2.24) is 0 Å². The SMILES string of the molecule is O=C1C=CC(=C2N=c3ccccc3=[S+]2)C=C1. The second kappa shape index (κ2) is 3.61. The van der Waals surface area contributed by atoms with Gasteiger partial charge in [0.25, 0.3) is 15.9 Å². The van der Waals surface area contributed by atoms with Crippen LogP contribution in [0.15, 0.2) is 64.2 Å². The molecule has 0 amide bonds. The van der Waals surface area contributed by atoms with Gasteiger partial charge in [0.2, 0.25) is 0 Å². The third kappa shape index (κ3) is 1.55. The van der Waals surface area contributed by atoms with Crippen molar-refractivity contribution in [2.24, 2.45) is 4.99 Å². The number of hydrogen-bond donors (Lipinski definition) is 0. The summed E-state index contributed by atoms with van der Waals surface area (Å²) >= 11 is 1.64. The molecular formula is C13H8NOS+. The van der Waals surface area contributed by atoms with Gasteiger partial charge in [-0.05, 0) is 30.4 Å². The Morgan fingerprint density at radius 1 is 1.00 bits per heavy atom. The lowest BCUT2D eigenvalue weighted by Crippen LogP contribution is -1.97. The zero-order valence-electron chi connectivity index (χ0n) is 8.38. The van der Waals surface area contributed by atoms with Crippen LogP contribution in [0.4, 0.5) is 0 Å². The van der Waals surface area contributed by atoms with E-state index in [1.54, 1.807) is 23.5 Å². The lowest BCUT2D eigenvalue weighted by atomic mass is 10.1. The average Bonchev–Trinajstić information content (AvgIpc) is 2.73. The number of rotatable bonds is 0. The molecule has 0 saturated heterocycles. The number of hydrogen-bond acceptors (Lipinski definition) is 2. The number of para-hydroxylation sites is 1. The van der Waals surface area contributed by atoms with Gasteiger partial charge in [0.1, 0.15) is 5.36 Å². The van der Waals surface area contributed by atoms with E-state index in [4.69, 9.17) is 0 Å². The van der Waals surface area contributed by atoms with Gasteiger partial charge >= 0.3 is 5.03 Å². The van der Waals surface area contributed by atoms with E-state index in [1.807, 2.05) is 30.4 Å². The van der Waals surface area contributed by atoms with Gasteiger partial charge in [0, 0.05) is 6.07 Å². The van der Waals surface area contributed by atoms with E-state index in [0.717, 1.165) is 16.0 Å². The highest BCUT2D eigenvalue weighted by atomic mass is 32.1. The molecule has 0 unspecified atom stereocenters. The topological polar surface area (TPSA) is 29.4 Å². The summed E-state index contributed by atoms with van der Waals surface area (Å²) in [5.41, 5.74) is 1.00. The summed E-state index contributed by atoms with van der Waals surface area (Å²) < 4.78 is 1.17. The van der Waals surface area contributed by atoms with Gasteiger partial charge in [-0.3, -0.25) is 4.79 Å². The van der Waals surface area contributed by atoms with E-state index in [1.165, 1.54) is 4.51 Å². The summed E-state index contributed by atoms with van der Waals surface area (Å²) in [5.74, 6) is 0.0323. The first-order valence-corrected chi connectivity index (χ1v) is 5.77. The Hall–Kier alpha value is -1.87. The van der Waals surface area contributed by atoms with Gasteiger partial charge in [-0.2, -0.15) is 4.99 Å². The zero-order valence-corrected chi connectivity index (χ0v) is 9.20. The Bertz CT molecular complexity index is 625. The lowest BCUT2D eigenvalue weighted by molar-refractivity contribution is -0.110.